The topological polar surface area (TPSA) is 41.5 Å². The van der Waals surface area contributed by atoms with Crippen molar-refractivity contribution >= 4 is 50.5 Å². The third kappa shape index (κ3) is 3.76. The molecule has 0 spiro atoms. The molecule has 1 heterocycles. The van der Waals surface area contributed by atoms with E-state index in [1.165, 1.54) is 23.9 Å². The van der Waals surface area contributed by atoms with Crippen molar-refractivity contribution in [1.29, 1.82) is 0 Å². The van der Waals surface area contributed by atoms with Gasteiger partial charge in [-0.3, -0.25) is 4.79 Å². The van der Waals surface area contributed by atoms with Crippen LogP contribution < -0.4 is 5.32 Å². The lowest BCUT2D eigenvalue weighted by Gasteiger charge is -2.02. The molecule has 1 fully saturated rings. The molecule has 0 bridgehead atoms. The minimum absolute atomic E-state index is 0.275. The lowest BCUT2D eigenvalue weighted by atomic mass is 10.1. The Bertz CT molecular complexity index is 893. The molecule has 3 nitrogen and oxygen atoms in total. The minimum atomic E-state index is -0.376. The van der Waals surface area contributed by atoms with E-state index in [4.69, 9.17) is 0 Å². The van der Waals surface area contributed by atoms with Crippen molar-refractivity contribution in [2.45, 2.75) is 13.8 Å². The van der Waals surface area contributed by atoms with E-state index in [1.54, 1.807) is 12.1 Å². The first-order valence-corrected chi connectivity index (χ1v) is 8.85. The summed E-state index contributed by atoms with van der Waals surface area (Å²) in [6, 6.07) is 10.5. The van der Waals surface area contributed by atoms with E-state index >= 15 is 0 Å². The second-order valence-corrected chi connectivity index (χ2v) is 7.38. The second kappa shape index (κ2) is 6.91. The van der Waals surface area contributed by atoms with Crippen LogP contribution in [0.4, 0.5) is 10.1 Å². The van der Waals surface area contributed by atoms with E-state index in [2.05, 4.69) is 26.2 Å². The molecule has 1 N–H and O–H groups in total. The van der Waals surface area contributed by atoms with E-state index in [9.17, 15) is 9.18 Å². The molecule has 0 radical (unpaired) electrons. The van der Waals surface area contributed by atoms with Gasteiger partial charge in [0.15, 0.2) is 5.17 Å². The maximum Gasteiger partial charge on any atom is 0.264 e. The molecule has 0 aliphatic carbocycles. The minimum Gasteiger partial charge on any atom is -0.300 e. The number of nitrogens with one attached hydrogen (secondary N) is 1. The number of halogens is 2. The van der Waals surface area contributed by atoms with Crippen molar-refractivity contribution in [3.63, 3.8) is 0 Å². The summed E-state index contributed by atoms with van der Waals surface area (Å²) < 4.78 is 14.6. The lowest BCUT2D eigenvalue weighted by Crippen LogP contribution is -2.19. The fraction of sp³-hybridized carbons (Fsp3) is 0.111. The first-order valence-electron chi connectivity index (χ1n) is 7.24. The normalized spacial score (nSPS) is 17.6. The monoisotopic (exact) mass is 404 g/mol. The number of carbonyl (C=O) groups excluding carboxylic acids is 1. The van der Waals surface area contributed by atoms with Crippen LogP contribution in [0.15, 0.2) is 50.8 Å². The molecule has 0 saturated carbocycles. The van der Waals surface area contributed by atoms with Crippen molar-refractivity contribution < 1.29 is 9.18 Å². The van der Waals surface area contributed by atoms with Crippen molar-refractivity contribution in [2.24, 2.45) is 4.99 Å². The van der Waals surface area contributed by atoms with Gasteiger partial charge in [0, 0.05) is 10.0 Å². The van der Waals surface area contributed by atoms with Gasteiger partial charge in [-0.2, -0.15) is 0 Å². The van der Waals surface area contributed by atoms with Crippen molar-refractivity contribution in [3.8, 4) is 0 Å². The number of aryl methyl sites for hydroxylation is 2. The molecular weight excluding hydrogens is 391 g/mol. The Morgan fingerprint density at radius 1 is 1.21 bits per heavy atom. The molecule has 122 valence electrons. The van der Waals surface area contributed by atoms with Crippen LogP contribution in [0.25, 0.3) is 6.08 Å². The summed E-state index contributed by atoms with van der Waals surface area (Å²) in [6.07, 6.45) is 1.53. The number of amides is 1. The second-order valence-electron chi connectivity index (χ2n) is 5.44. The standard InChI is InChI=1S/C18H14BrFN2OS/c1-10-3-6-15(11(2)7-10)21-18-22-17(23)16(24-18)9-12-8-13(19)4-5-14(12)20/h3-9H,1-2H3,(H,21,22,23)/b16-9+. The third-order valence-electron chi connectivity index (χ3n) is 3.47. The molecule has 0 atom stereocenters. The summed E-state index contributed by atoms with van der Waals surface area (Å²) >= 11 is 4.51. The van der Waals surface area contributed by atoms with Gasteiger partial charge in [-0.05, 0) is 61.5 Å². The fourth-order valence-corrected chi connectivity index (χ4v) is 3.49. The summed E-state index contributed by atoms with van der Waals surface area (Å²) in [7, 11) is 0. The molecule has 1 aliphatic heterocycles. The van der Waals surface area contributed by atoms with E-state index < -0.39 is 0 Å². The summed E-state index contributed by atoms with van der Waals surface area (Å²) in [5, 5.41) is 3.21. The Hall–Kier alpha value is -1.92. The number of thioether (sulfide) groups is 1. The SMILES string of the molecule is Cc1ccc(N=C2NC(=O)/C(=C\c3cc(Br)ccc3F)S2)c(C)c1. The average molecular weight is 405 g/mol. The molecule has 1 aliphatic rings. The van der Waals surface area contributed by atoms with Gasteiger partial charge in [0.1, 0.15) is 5.82 Å². The van der Waals surface area contributed by atoms with Gasteiger partial charge in [-0.1, -0.05) is 33.6 Å². The van der Waals surface area contributed by atoms with E-state index in [0.717, 1.165) is 21.3 Å². The summed E-state index contributed by atoms with van der Waals surface area (Å²) in [6.45, 7) is 3.99. The van der Waals surface area contributed by atoms with Gasteiger partial charge in [0.25, 0.3) is 5.91 Å². The molecule has 3 rings (SSSR count). The number of carbonyl (C=O) groups is 1. The quantitative estimate of drug-likeness (QED) is 0.707. The number of benzene rings is 2. The van der Waals surface area contributed by atoms with Crippen LogP contribution in [0.5, 0.6) is 0 Å². The molecule has 2 aromatic rings. The zero-order valence-electron chi connectivity index (χ0n) is 13.1. The third-order valence-corrected chi connectivity index (χ3v) is 4.87. The lowest BCUT2D eigenvalue weighted by molar-refractivity contribution is -0.115. The Morgan fingerprint density at radius 3 is 2.75 bits per heavy atom. The van der Waals surface area contributed by atoms with Gasteiger partial charge < -0.3 is 5.32 Å². The van der Waals surface area contributed by atoms with Crippen LogP contribution in [0.1, 0.15) is 16.7 Å². The number of rotatable bonds is 2. The highest BCUT2D eigenvalue weighted by Gasteiger charge is 2.24. The van der Waals surface area contributed by atoms with Gasteiger partial charge in [-0.25, -0.2) is 9.38 Å². The smallest absolute Gasteiger partial charge is 0.264 e. The molecule has 1 saturated heterocycles. The number of amidine groups is 1. The summed E-state index contributed by atoms with van der Waals surface area (Å²) in [4.78, 5) is 17.0. The highest BCUT2D eigenvalue weighted by atomic mass is 79.9. The predicted octanol–water partition coefficient (Wildman–Crippen LogP) is 5.10. The van der Waals surface area contributed by atoms with Gasteiger partial charge >= 0.3 is 0 Å². The number of nitrogens with zero attached hydrogens (tertiary/aromatic N) is 1. The molecule has 1 amide bonds. The van der Waals surface area contributed by atoms with Crippen LogP contribution in [0.3, 0.4) is 0 Å². The highest BCUT2D eigenvalue weighted by Crippen LogP contribution is 2.30. The van der Waals surface area contributed by atoms with Crippen LogP contribution in [-0.2, 0) is 4.79 Å². The number of hydrogen-bond donors (Lipinski definition) is 1. The molecule has 6 heteroatoms. The maximum atomic E-state index is 13.8. The fourth-order valence-electron chi connectivity index (χ4n) is 2.29. The van der Waals surface area contributed by atoms with Crippen LogP contribution in [0.2, 0.25) is 0 Å². The first kappa shape index (κ1) is 16.9. The molecule has 0 unspecified atom stereocenters. The molecular formula is C18H14BrFN2OS. The Balaban J connectivity index is 1.89. The molecule has 2 aromatic carbocycles. The van der Waals surface area contributed by atoms with Crippen molar-refractivity contribution in [2.75, 3.05) is 0 Å². The number of hydrogen-bond acceptors (Lipinski definition) is 3. The largest absolute Gasteiger partial charge is 0.300 e. The Labute approximate surface area is 152 Å². The average Bonchev–Trinajstić information content (AvgIpc) is 2.86. The zero-order chi connectivity index (χ0) is 17.3. The predicted molar refractivity (Wildman–Crippen MR) is 101 cm³/mol. The Kier molecular flexibility index (Phi) is 4.87. The maximum absolute atomic E-state index is 13.8. The zero-order valence-corrected chi connectivity index (χ0v) is 15.5. The van der Waals surface area contributed by atoms with Crippen LogP contribution in [-0.4, -0.2) is 11.1 Å². The van der Waals surface area contributed by atoms with Crippen molar-refractivity contribution in [3.05, 3.63) is 68.3 Å². The molecule has 0 aromatic heterocycles. The summed E-state index contributed by atoms with van der Waals surface area (Å²) in [5.41, 5.74) is 3.35. The van der Waals surface area contributed by atoms with Gasteiger partial charge in [0.05, 0.1) is 10.6 Å². The highest BCUT2D eigenvalue weighted by molar-refractivity contribution is 9.10. The first-order chi connectivity index (χ1) is 11.4. The van der Waals surface area contributed by atoms with E-state index in [1.807, 2.05) is 32.0 Å². The molecule has 24 heavy (non-hydrogen) atoms. The van der Waals surface area contributed by atoms with Gasteiger partial charge in [0.2, 0.25) is 0 Å². The van der Waals surface area contributed by atoms with E-state index in [-0.39, 0.29) is 11.7 Å². The van der Waals surface area contributed by atoms with Crippen LogP contribution >= 0.6 is 27.7 Å². The van der Waals surface area contributed by atoms with Crippen molar-refractivity contribution in [1.82, 2.24) is 5.32 Å². The number of aliphatic imine (C=N–C) groups is 1. The van der Waals surface area contributed by atoms with E-state index in [0.29, 0.717) is 15.6 Å². The van der Waals surface area contributed by atoms with Gasteiger partial charge in [-0.15, -0.1) is 0 Å². The van der Waals surface area contributed by atoms with Crippen LogP contribution in [0, 0.1) is 19.7 Å². The summed E-state index contributed by atoms with van der Waals surface area (Å²) in [5.74, 6) is -0.651. The Morgan fingerprint density at radius 2 is 2.00 bits per heavy atom.